The highest BCUT2D eigenvalue weighted by molar-refractivity contribution is 5.60. The molecule has 0 aliphatic heterocycles. The molecule has 0 saturated carbocycles. The van der Waals surface area contributed by atoms with Gasteiger partial charge in [0, 0.05) is 17.3 Å². The first kappa shape index (κ1) is 10.6. The van der Waals surface area contributed by atoms with Gasteiger partial charge in [0.15, 0.2) is 0 Å². The first-order valence-corrected chi connectivity index (χ1v) is 5.22. The highest BCUT2D eigenvalue weighted by Crippen LogP contribution is 2.20. The average Bonchev–Trinajstić information content (AvgIpc) is 2.20. The number of rotatable bonds is 1. The zero-order valence-electron chi connectivity index (χ0n) is 9.66. The number of hydrogen-bond donors (Lipinski definition) is 1. The van der Waals surface area contributed by atoms with Crippen LogP contribution in [-0.2, 0) is 0 Å². The Labute approximate surface area is 94.2 Å². The van der Waals surface area contributed by atoms with E-state index in [0.717, 1.165) is 22.4 Å². The van der Waals surface area contributed by atoms with Crippen molar-refractivity contribution in [3.05, 3.63) is 51.4 Å². The summed E-state index contributed by atoms with van der Waals surface area (Å²) >= 11 is 0. The fraction of sp³-hybridized carbons (Fsp3) is 0.231. The number of aromatic amines is 1. The molecule has 0 saturated heterocycles. The molecular weight excluding hydrogens is 200 g/mol. The van der Waals surface area contributed by atoms with Crippen molar-refractivity contribution in [3.63, 3.8) is 0 Å². The van der Waals surface area contributed by atoms with E-state index in [1.165, 1.54) is 6.07 Å². The van der Waals surface area contributed by atoms with Crippen molar-refractivity contribution >= 4 is 0 Å². The summed E-state index contributed by atoms with van der Waals surface area (Å²) in [5.74, 6) is 0.645. The summed E-state index contributed by atoms with van der Waals surface area (Å²) < 4.78 is 0. The molecule has 2 rings (SSSR count). The normalized spacial score (nSPS) is 10.4. The molecule has 0 atom stereocenters. The molecule has 2 aromatic rings. The van der Waals surface area contributed by atoms with Crippen molar-refractivity contribution in [3.8, 4) is 11.4 Å². The Balaban J connectivity index is 2.66. The molecule has 0 amide bonds. The van der Waals surface area contributed by atoms with Crippen LogP contribution in [0.5, 0.6) is 0 Å². The van der Waals surface area contributed by atoms with E-state index in [0.29, 0.717) is 5.82 Å². The molecule has 82 valence electrons. The van der Waals surface area contributed by atoms with Gasteiger partial charge in [-0.2, -0.15) is 0 Å². The van der Waals surface area contributed by atoms with Gasteiger partial charge in [-0.15, -0.1) is 0 Å². The molecule has 0 aliphatic carbocycles. The first-order valence-electron chi connectivity index (χ1n) is 5.22. The number of H-pyrrole nitrogens is 1. The Morgan fingerprint density at radius 1 is 1.12 bits per heavy atom. The second-order valence-electron chi connectivity index (χ2n) is 4.05. The van der Waals surface area contributed by atoms with E-state index in [1.54, 1.807) is 0 Å². The molecule has 3 nitrogen and oxygen atoms in total. The number of aryl methyl sites for hydroxylation is 3. The maximum absolute atomic E-state index is 11.4. The third kappa shape index (κ3) is 2.03. The minimum absolute atomic E-state index is 0.108. The van der Waals surface area contributed by atoms with E-state index in [2.05, 4.69) is 9.97 Å². The van der Waals surface area contributed by atoms with E-state index < -0.39 is 0 Å². The molecule has 0 bridgehead atoms. The van der Waals surface area contributed by atoms with Crippen molar-refractivity contribution in [2.45, 2.75) is 20.8 Å². The minimum Gasteiger partial charge on any atom is -0.307 e. The summed E-state index contributed by atoms with van der Waals surface area (Å²) in [6.07, 6.45) is 0. The standard InChI is InChI=1S/C13H14N2O/c1-8-4-5-9(2)11(6-8)13-14-10(3)7-12(16)15-13/h4-7H,1-3H3,(H,14,15,16). The van der Waals surface area contributed by atoms with Gasteiger partial charge >= 0.3 is 0 Å². The van der Waals surface area contributed by atoms with Gasteiger partial charge < -0.3 is 4.98 Å². The predicted octanol–water partition coefficient (Wildman–Crippen LogP) is 2.36. The Kier molecular flexibility index (Phi) is 2.60. The van der Waals surface area contributed by atoms with Gasteiger partial charge in [0.1, 0.15) is 5.82 Å². The molecule has 3 heteroatoms. The molecule has 0 unspecified atom stereocenters. The van der Waals surface area contributed by atoms with E-state index >= 15 is 0 Å². The number of nitrogens with zero attached hydrogens (tertiary/aromatic N) is 1. The molecular formula is C13H14N2O. The van der Waals surface area contributed by atoms with E-state index in [-0.39, 0.29) is 5.56 Å². The van der Waals surface area contributed by atoms with Crippen molar-refractivity contribution in [2.24, 2.45) is 0 Å². The summed E-state index contributed by atoms with van der Waals surface area (Å²) in [5, 5.41) is 0. The summed E-state index contributed by atoms with van der Waals surface area (Å²) in [7, 11) is 0. The highest BCUT2D eigenvalue weighted by Gasteiger charge is 2.05. The third-order valence-corrected chi connectivity index (χ3v) is 2.52. The quantitative estimate of drug-likeness (QED) is 0.792. The summed E-state index contributed by atoms with van der Waals surface area (Å²) in [4.78, 5) is 18.5. The SMILES string of the molecule is Cc1ccc(C)c(-c2nc(C)cc(=O)[nH]2)c1. The van der Waals surface area contributed by atoms with E-state index in [9.17, 15) is 4.79 Å². The number of benzene rings is 1. The van der Waals surface area contributed by atoms with Crippen molar-refractivity contribution in [1.82, 2.24) is 9.97 Å². The summed E-state index contributed by atoms with van der Waals surface area (Å²) in [5.41, 5.74) is 3.88. The maximum atomic E-state index is 11.4. The van der Waals surface area contributed by atoms with Gasteiger partial charge in [-0.25, -0.2) is 4.98 Å². The van der Waals surface area contributed by atoms with Crippen LogP contribution in [0.1, 0.15) is 16.8 Å². The van der Waals surface area contributed by atoms with E-state index in [1.807, 2.05) is 39.0 Å². The van der Waals surface area contributed by atoms with Crippen LogP contribution >= 0.6 is 0 Å². The predicted molar refractivity (Wildman–Crippen MR) is 64.5 cm³/mol. The van der Waals surface area contributed by atoms with Crippen LogP contribution in [0.15, 0.2) is 29.1 Å². The fourth-order valence-corrected chi connectivity index (χ4v) is 1.70. The van der Waals surface area contributed by atoms with Crippen LogP contribution in [0.25, 0.3) is 11.4 Å². The molecule has 0 aliphatic rings. The average molecular weight is 214 g/mol. The Morgan fingerprint density at radius 2 is 1.88 bits per heavy atom. The van der Waals surface area contributed by atoms with Crippen molar-refractivity contribution < 1.29 is 0 Å². The fourth-order valence-electron chi connectivity index (χ4n) is 1.70. The molecule has 16 heavy (non-hydrogen) atoms. The lowest BCUT2D eigenvalue weighted by Crippen LogP contribution is -2.09. The minimum atomic E-state index is -0.108. The Bertz CT molecular complexity index is 585. The van der Waals surface area contributed by atoms with Crippen LogP contribution in [-0.4, -0.2) is 9.97 Å². The molecule has 0 fully saturated rings. The van der Waals surface area contributed by atoms with Crippen LogP contribution < -0.4 is 5.56 Å². The van der Waals surface area contributed by atoms with Crippen LogP contribution in [0.4, 0.5) is 0 Å². The molecule has 0 radical (unpaired) electrons. The number of hydrogen-bond acceptors (Lipinski definition) is 2. The van der Waals surface area contributed by atoms with Crippen molar-refractivity contribution in [2.75, 3.05) is 0 Å². The monoisotopic (exact) mass is 214 g/mol. The maximum Gasteiger partial charge on any atom is 0.251 e. The van der Waals surface area contributed by atoms with Crippen LogP contribution in [0.2, 0.25) is 0 Å². The van der Waals surface area contributed by atoms with Gasteiger partial charge in [0.2, 0.25) is 0 Å². The zero-order valence-corrected chi connectivity index (χ0v) is 9.66. The lowest BCUT2D eigenvalue weighted by Gasteiger charge is -2.06. The Hall–Kier alpha value is -1.90. The van der Waals surface area contributed by atoms with Gasteiger partial charge in [-0.1, -0.05) is 17.7 Å². The first-order chi connectivity index (χ1) is 7.56. The Morgan fingerprint density at radius 3 is 2.56 bits per heavy atom. The lowest BCUT2D eigenvalue weighted by molar-refractivity contribution is 1.07. The molecule has 1 aromatic heterocycles. The van der Waals surface area contributed by atoms with E-state index in [4.69, 9.17) is 0 Å². The van der Waals surface area contributed by atoms with Gasteiger partial charge in [-0.3, -0.25) is 4.79 Å². The number of nitrogens with one attached hydrogen (secondary N) is 1. The molecule has 1 N–H and O–H groups in total. The molecule has 1 aromatic carbocycles. The summed E-state index contributed by atoms with van der Waals surface area (Å²) in [6, 6.07) is 7.61. The number of aromatic nitrogens is 2. The lowest BCUT2D eigenvalue weighted by atomic mass is 10.1. The molecule has 1 heterocycles. The van der Waals surface area contributed by atoms with Crippen LogP contribution in [0, 0.1) is 20.8 Å². The molecule has 0 spiro atoms. The largest absolute Gasteiger partial charge is 0.307 e. The van der Waals surface area contributed by atoms with Gasteiger partial charge in [0.05, 0.1) is 0 Å². The summed E-state index contributed by atoms with van der Waals surface area (Å²) in [6.45, 7) is 5.86. The van der Waals surface area contributed by atoms with Crippen LogP contribution in [0.3, 0.4) is 0 Å². The highest BCUT2D eigenvalue weighted by atomic mass is 16.1. The van der Waals surface area contributed by atoms with Gasteiger partial charge in [0.25, 0.3) is 5.56 Å². The second kappa shape index (κ2) is 3.93. The topological polar surface area (TPSA) is 45.8 Å². The van der Waals surface area contributed by atoms with Crippen molar-refractivity contribution in [1.29, 1.82) is 0 Å². The zero-order chi connectivity index (χ0) is 11.7. The smallest absolute Gasteiger partial charge is 0.251 e. The van der Waals surface area contributed by atoms with Gasteiger partial charge in [-0.05, 0) is 32.4 Å². The second-order valence-corrected chi connectivity index (χ2v) is 4.05. The third-order valence-electron chi connectivity index (χ3n) is 2.52.